The monoisotopic (exact) mass is 396 g/mol. The summed E-state index contributed by atoms with van der Waals surface area (Å²) in [5.74, 6) is -1.37. The van der Waals surface area contributed by atoms with Crippen LogP contribution in [0.4, 0.5) is 8.78 Å². The molecule has 2 aliphatic heterocycles. The van der Waals surface area contributed by atoms with Gasteiger partial charge in [-0.3, -0.25) is 25.2 Å². The quantitative estimate of drug-likeness (QED) is 0.459. The summed E-state index contributed by atoms with van der Waals surface area (Å²) in [7, 11) is 3.31. The van der Waals surface area contributed by atoms with Gasteiger partial charge in [0.2, 0.25) is 0 Å². The van der Waals surface area contributed by atoms with Gasteiger partial charge < -0.3 is 5.43 Å². The van der Waals surface area contributed by atoms with Gasteiger partial charge in [-0.2, -0.15) is 5.10 Å². The van der Waals surface area contributed by atoms with Crippen molar-refractivity contribution in [1.29, 1.82) is 0 Å². The first kappa shape index (κ1) is 18.7. The Morgan fingerprint density at radius 1 is 1.17 bits per heavy atom. The second-order valence-corrected chi connectivity index (χ2v) is 6.69. The van der Waals surface area contributed by atoms with Gasteiger partial charge in [0, 0.05) is 26.0 Å². The standard InChI is InChI=1S/C20H18F2N6O/c1-23-19(28(3)24-2)16-17(10-4-6-11(21)7-5-10)25-14-9-12(22)8-13-15(14)18(16)26-27-20(13)29/h4-9,16-17,26H,2H2,1,3H3,(H,27,29)/b23-19-. The van der Waals surface area contributed by atoms with Crippen LogP contribution in [0.3, 0.4) is 0 Å². The van der Waals surface area contributed by atoms with Crippen LogP contribution in [0.25, 0.3) is 5.70 Å². The minimum absolute atomic E-state index is 0.185. The highest BCUT2D eigenvalue weighted by molar-refractivity contribution is 6.00. The van der Waals surface area contributed by atoms with E-state index in [0.717, 1.165) is 0 Å². The molecule has 148 valence electrons. The number of carbonyl (C=O) groups excluding carboxylic acids is 1. The molecule has 4 rings (SSSR count). The van der Waals surface area contributed by atoms with E-state index >= 15 is 0 Å². The first-order valence-corrected chi connectivity index (χ1v) is 8.85. The van der Waals surface area contributed by atoms with Gasteiger partial charge in [0.05, 0.1) is 28.6 Å². The summed E-state index contributed by atoms with van der Waals surface area (Å²) in [6.07, 6.45) is 0. The summed E-state index contributed by atoms with van der Waals surface area (Å²) < 4.78 is 27.7. The maximum atomic E-state index is 14.2. The number of aliphatic imine (C=N–C) groups is 1. The van der Waals surface area contributed by atoms with E-state index in [4.69, 9.17) is 4.99 Å². The summed E-state index contributed by atoms with van der Waals surface area (Å²) >= 11 is 0. The van der Waals surface area contributed by atoms with Crippen molar-refractivity contribution in [2.75, 3.05) is 14.1 Å². The average molecular weight is 396 g/mol. The summed E-state index contributed by atoms with van der Waals surface area (Å²) in [6.45, 7) is 3.55. The van der Waals surface area contributed by atoms with Crippen LogP contribution in [0.15, 0.2) is 51.5 Å². The minimum atomic E-state index is -0.565. The number of carbonyl (C=O) groups is 1. The summed E-state index contributed by atoms with van der Waals surface area (Å²) in [5.41, 5.74) is 6.99. The highest BCUT2D eigenvalue weighted by atomic mass is 19.1. The molecule has 0 saturated carbocycles. The second kappa shape index (κ2) is 7.08. The van der Waals surface area contributed by atoms with E-state index in [1.807, 2.05) is 0 Å². The van der Waals surface area contributed by atoms with Crippen molar-refractivity contribution >= 4 is 24.2 Å². The van der Waals surface area contributed by atoms with Crippen molar-refractivity contribution in [2.45, 2.75) is 6.04 Å². The van der Waals surface area contributed by atoms with Crippen LogP contribution in [0.1, 0.15) is 22.0 Å². The lowest BCUT2D eigenvalue weighted by molar-refractivity contribution is 0.0934. The van der Waals surface area contributed by atoms with Gasteiger partial charge in [0.25, 0.3) is 5.91 Å². The lowest BCUT2D eigenvalue weighted by Crippen LogP contribution is -2.56. The number of halogens is 2. The number of amides is 1. The van der Waals surface area contributed by atoms with Gasteiger partial charge in [-0.15, -0.1) is 0 Å². The maximum absolute atomic E-state index is 14.2. The van der Waals surface area contributed by atoms with Gasteiger partial charge in [0.1, 0.15) is 17.5 Å². The van der Waals surface area contributed by atoms with E-state index in [0.29, 0.717) is 27.7 Å². The molecule has 0 fully saturated rings. The molecule has 0 aromatic heterocycles. The number of hydrogen-bond acceptors (Lipinski definition) is 5. The zero-order valence-corrected chi connectivity index (χ0v) is 15.8. The summed E-state index contributed by atoms with van der Waals surface area (Å²) in [6, 6.07) is 7.83. The molecule has 2 N–H and O–H groups in total. The summed E-state index contributed by atoms with van der Waals surface area (Å²) in [4.78, 5) is 21.4. The predicted molar refractivity (Wildman–Crippen MR) is 104 cm³/mol. The molecule has 0 saturated heterocycles. The third-order valence-electron chi connectivity index (χ3n) is 5.07. The molecule has 2 atom stereocenters. The van der Waals surface area contributed by atoms with Gasteiger partial charge >= 0.3 is 0 Å². The van der Waals surface area contributed by atoms with Crippen molar-refractivity contribution in [2.24, 2.45) is 21.0 Å². The first-order valence-electron chi connectivity index (χ1n) is 8.85. The smallest absolute Gasteiger partial charge is 0.270 e. The Kier molecular flexibility index (Phi) is 4.57. The Morgan fingerprint density at radius 2 is 1.90 bits per heavy atom. The SMILES string of the molecule is C=NN(C)/C(=N\C)C1C2=c3c(cc(F)cc3=NC1c1ccc(F)cc1)C(=O)NN2. The van der Waals surface area contributed by atoms with Crippen molar-refractivity contribution in [3.05, 3.63) is 69.7 Å². The Morgan fingerprint density at radius 3 is 2.55 bits per heavy atom. The van der Waals surface area contributed by atoms with Crippen molar-refractivity contribution in [1.82, 2.24) is 15.9 Å². The Bertz CT molecular complexity index is 1160. The molecule has 9 heteroatoms. The van der Waals surface area contributed by atoms with Gasteiger partial charge in [-0.1, -0.05) is 12.1 Å². The van der Waals surface area contributed by atoms with E-state index in [-0.39, 0.29) is 11.4 Å². The van der Waals surface area contributed by atoms with Crippen LogP contribution < -0.4 is 21.4 Å². The highest BCUT2D eigenvalue weighted by Crippen LogP contribution is 2.34. The van der Waals surface area contributed by atoms with E-state index in [9.17, 15) is 13.6 Å². The topological polar surface area (TPSA) is 81.5 Å². The molecule has 29 heavy (non-hydrogen) atoms. The number of hydrogen-bond donors (Lipinski definition) is 2. The fourth-order valence-electron chi connectivity index (χ4n) is 3.78. The summed E-state index contributed by atoms with van der Waals surface area (Å²) in [5, 5.41) is 6.30. The number of nitrogens with one attached hydrogen (secondary N) is 2. The zero-order chi connectivity index (χ0) is 20.7. The molecule has 7 nitrogen and oxygen atoms in total. The molecule has 2 aromatic carbocycles. The Balaban J connectivity index is 2.05. The van der Waals surface area contributed by atoms with Gasteiger partial charge in [-0.25, -0.2) is 8.78 Å². The van der Waals surface area contributed by atoms with Crippen molar-refractivity contribution in [3.8, 4) is 0 Å². The van der Waals surface area contributed by atoms with Crippen LogP contribution in [-0.4, -0.2) is 37.6 Å². The molecule has 0 radical (unpaired) electrons. The van der Waals surface area contributed by atoms with E-state index in [1.165, 1.54) is 29.3 Å². The molecule has 2 unspecified atom stereocenters. The largest absolute Gasteiger partial charge is 0.301 e. The molecular formula is C20H18F2N6O. The number of hydrazone groups is 1. The van der Waals surface area contributed by atoms with Crippen molar-refractivity contribution < 1.29 is 13.6 Å². The number of benzene rings is 2. The maximum Gasteiger partial charge on any atom is 0.270 e. The molecule has 2 aromatic rings. The number of amidine groups is 1. The van der Waals surface area contributed by atoms with Crippen molar-refractivity contribution in [3.63, 3.8) is 0 Å². The second-order valence-electron chi connectivity index (χ2n) is 6.69. The third kappa shape index (κ3) is 3.04. The van der Waals surface area contributed by atoms with E-state index in [2.05, 4.69) is 27.7 Å². The normalized spacial score (nSPS) is 20.2. The molecule has 1 amide bonds. The lowest BCUT2D eigenvalue weighted by Gasteiger charge is -2.35. The van der Waals surface area contributed by atoms with Crippen LogP contribution >= 0.6 is 0 Å². The minimum Gasteiger partial charge on any atom is -0.301 e. The molecule has 0 aliphatic carbocycles. The van der Waals surface area contributed by atoms with E-state index < -0.39 is 23.7 Å². The first-order chi connectivity index (χ1) is 13.9. The fourth-order valence-corrected chi connectivity index (χ4v) is 3.78. The molecule has 0 bridgehead atoms. The average Bonchev–Trinajstić information content (AvgIpc) is 2.72. The Labute approximate surface area is 165 Å². The number of nitrogens with zero attached hydrogens (tertiary/aromatic N) is 4. The predicted octanol–water partition coefficient (Wildman–Crippen LogP) is 0.887. The highest BCUT2D eigenvalue weighted by Gasteiger charge is 2.38. The third-order valence-corrected chi connectivity index (χ3v) is 5.07. The molecule has 2 aliphatic rings. The van der Waals surface area contributed by atoms with Gasteiger partial charge in [0.15, 0.2) is 0 Å². The number of hydrazine groups is 1. The Hall–Kier alpha value is -3.62. The van der Waals surface area contributed by atoms with Gasteiger partial charge in [-0.05, 0) is 29.8 Å². The van der Waals surface area contributed by atoms with Crippen LogP contribution in [0.2, 0.25) is 0 Å². The molecular weight excluding hydrogens is 378 g/mol. The lowest BCUT2D eigenvalue weighted by atomic mass is 9.85. The van der Waals surface area contributed by atoms with Crippen LogP contribution in [0, 0.1) is 17.6 Å². The number of rotatable bonds is 3. The molecule has 2 heterocycles. The van der Waals surface area contributed by atoms with Crippen LogP contribution in [0.5, 0.6) is 0 Å². The van der Waals surface area contributed by atoms with Crippen LogP contribution in [-0.2, 0) is 0 Å². The van der Waals surface area contributed by atoms with E-state index in [1.54, 1.807) is 26.2 Å². The zero-order valence-electron chi connectivity index (χ0n) is 15.8. The molecule has 0 spiro atoms. The fraction of sp³-hybridized carbons (Fsp3) is 0.200.